The fourth-order valence-electron chi connectivity index (χ4n) is 3.64. The lowest BCUT2D eigenvalue weighted by Crippen LogP contribution is -2.35. The summed E-state index contributed by atoms with van der Waals surface area (Å²) in [6.45, 7) is 3.93. The smallest absolute Gasteiger partial charge is 0.236 e. The molecule has 0 N–H and O–H groups in total. The number of hydrogen-bond donors (Lipinski definition) is 0. The highest BCUT2D eigenvalue weighted by molar-refractivity contribution is 5.89. The van der Waals surface area contributed by atoms with Crippen molar-refractivity contribution in [3.63, 3.8) is 0 Å². The van der Waals surface area contributed by atoms with Crippen molar-refractivity contribution in [3.8, 4) is 11.5 Å². The van der Waals surface area contributed by atoms with Crippen molar-refractivity contribution in [2.24, 2.45) is 7.05 Å². The van der Waals surface area contributed by atoms with Crippen LogP contribution in [0.4, 0.5) is 0 Å². The minimum absolute atomic E-state index is 0.267. The fourth-order valence-corrected chi connectivity index (χ4v) is 3.64. The molecule has 3 heteroatoms. The number of hydrogen-bond acceptors (Lipinski definition) is 0. The van der Waals surface area contributed by atoms with Crippen molar-refractivity contribution in [2.45, 2.75) is 27.6 Å². The molecule has 0 amide bonds. The highest BCUT2D eigenvalue weighted by Gasteiger charge is 2.24. The molecule has 0 bridgehead atoms. The van der Waals surface area contributed by atoms with Gasteiger partial charge in [0.05, 0.1) is 7.05 Å². The molecule has 0 atom stereocenters. The summed E-state index contributed by atoms with van der Waals surface area (Å²) < 4.78 is 30.3. The molecule has 0 aliphatic heterocycles. The summed E-state index contributed by atoms with van der Waals surface area (Å²) in [4.78, 5) is 0. The lowest BCUT2D eigenvalue weighted by Gasteiger charge is -2.07. The summed E-state index contributed by atoms with van der Waals surface area (Å²) in [5.41, 5.74) is 5.24. The molecule has 0 unspecified atom stereocenters. The first-order chi connectivity index (χ1) is 14.2. The Bertz CT molecular complexity index is 1260. The van der Waals surface area contributed by atoms with Crippen LogP contribution in [0.2, 0.25) is 0 Å². The van der Waals surface area contributed by atoms with E-state index in [1.165, 1.54) is 0 Å². The Morgan fingerprint density at radius 2 is 1.89 bits per heavy atom. The Labute approximate surface area is 165 Å². The van der Waals surface area contributed by atoms with Gasteiger partial charge in [-0.25, -0.2) is 13.7 Å². The topological polar surface area (TPSA) is 13.7 Å². The van der Waals surface area contributed by atoms with Gasteiger partial charge in [-0.05, 0) is 50.1 Å². The van der Waals surface area contributed by atoms with E-state index in [9.17, 15) is 0 Å². The predicted molar refractivity (Wildman–Crippen MR) is 113 cm³/mol. The van der Waals surface area contributed by atoms with Crippen molar-refractivity contribution < 1.29 is 8.68 Å². The third-order valence-corrected chi connectivity index (χ3v) is 5.26. The molecule has 3 nitrogen and oxygen atoms in total. The van der Waals surface area contributed by atoms with E-state index in [0.717, 1.165) is 39.2 Å². The van der Waals surface area contributed by atoms with Crippen LogP contribution in [0, 0.1) is 13.8 Å². The molecule has 2 heterocycles. The summed E-state index contributed by atoms with van der Waals surface area (Å²) in [6, 6.07) is 18.0. The molecule has 2 aromatic carbocycles. The van der Waals surface area contributed by atoms with Gasteiger partial charge in [0.2, 0.25) is 5.82 Å². The molecule has 2 aromatic heterocycles. The van der Waals surface area contributed by atoms with Crippen molar-refractivity contribution in [1.29, 1.82) is 0 Å². The Hall–Kier alpha value is -3.07. The van der Waals surface area contributed by atoms with Crippen molar-refractivity contribution >= 4 is 16.5 Å². The van der Waals surface area contributed by atoms with Crippen LogP contribution in [0.25, 0.3) is 28.0 Å². The number of aryl methyl sites for hydroxylation is 1. The maximum absolute atomic E-state index is 8.19. The largest absolute Gasteiger partial charge is 0.265 e. The first kappa shape index (κ1) is 14.0. The molecule has 4 aromatic rings. The second-order valence-corrected chi connectivity index (χ2v) is 6.92. The molecule has 4 rings (SSSR count). The van der Waals surface area contributed by atoms with Crippen molar-refractivity contribution in [1.82, 2.24) is 9.13 Å². The van der Waals surface area contributed by atoms with Gasteiger partial charge in [0.25, 0.3) is 5.82 Å². The Balaban J connectivity index is 2.13. The standard InChI is InChI=1S/C24H26N3/c1-6-17(2)22-15-20-12-10-11-18(3)24(20)27(22)23-16-26(19(4)25(23)5)21-13-8-7-9-14-21/h6-16H,1-5H3/q+1/i4D3. The normalized spacial score (nSPS) is 14.2. The molecule has 0 spiro atoms. The zero-order chi connectivity index (χ0) is 21.6. The molecule has 27 heavy (non-hydrogen) atoms. The molecule has 0 fully saturated rings. The lowest BCUT2D eigenvalue weighted by atomic mass is 10.1. The first-order valence-electron chi connectivity index (χ1n) is 10.7. The van der Waals surface area contributed by atoms with Gasteiger partial charge < -0.3 is 0 Å². The van der Waals surface area contributed by atoms with Gasteiger partial charge in [-0.2, -0.15) is 0 Å². The van der Waals surface area contributed by atoms with Crippen LogP contribution in [0.15, 0.2) is 66.9 Å². The van der Waals surface area contributed by atoms with Gasteiger partial charge >= 0.3 is 0 Å². The van der Waals surface area contributed by atoms with Gasteiger partial charge in [-0.15, -0.1) is 0 Å². The number of para-hydroxylation sites is 2. The Morgan fingerprint density at radius 1 is 1.11 bits per heavy atom. The van der Waals surface area contributed by atoms with Crippen LogP contribution in [0.1, 0.15) is 35.0 Å². The first-order valence-corrected chi connectivity index (χ1v) is 9.16. The van der Waals surface area contributed by atoms with E-state index in [0.29, 0.717) is 0 Å². The monoisotopic (exact) mass is 359 g/mol. The van der Waals surface area contributed by atoms with Gasteiger partial charge in [0.1, 0.15) is 23.1 Å². The molecule has 0 saturated heterocycles. The molecule has 0 saturated carbocycles. The van der Waals surface area contributed by atoms with E-state index >= 15 is 0 Å². The highest BCUT2D eigenvalue weighted by Crippen LogP contribution is 2.30. The van der Waals surface area contributed by atoms with Crippen LogP contribution in [-0.4, -0.2) is 9.13 Å². The molecule has 0 aliphatic rings. The van der Waals surface area contributed by atoms with E-state index in [1.54, 1.807) is 9.13 Å². The van der Waals surface area contributed by atoms with Gasteiger partial charge in [-0.3, -0.25) is 0 Å². The molecule has 136 valence electrons. The van der Waals surface area contributed by atoms with E-state index in [4.69, 9.17) is 4.11 Å². The van der Waals surface area contributed by atoms with Gasteiger partial charge in [-0.1, -0.05) is 42.5 Å². The zero-order valence-corrected chi connectivity index (χ0v) is 16.2. The Morgan fingerprint density at radius 3 is 2.59 bits per heavy atom. The maximum Gasteiger partial charge on any atom is 0.265 e. The van der Waals surface area contributed by atoms with Crippen molar-refractivity contribution in [3.05, 3.63) is 84.0 Å². The summed E-state index contributed by atoms with van der Waals surface area (Å²) >= 11 is 0. The number of imidazole rings is 1. The molecule has 0 radical (unpaired) electrons. The minimum atomic E-state index is -2.27. The van der Waals surface area contributed by atoms with Crippen LogP contribution in [-0.2, 0) is 7.05 Å². The van der Waals surface area contributed by atoms with Crippen LogP contribution in [0.5, 0.6) is 0 Å². The van der Waals surface area contributed by atoms with E-state index in [2.05, 4.69) is 48.8 Å². The summed E-state index contributed by atoms with van der Waals surface area (Å²) in [7, 11) is 1.83. The summed E-state index contributed by atoms with van der Waals surface area (Å²) in [6.07, 6.45) is 4.01. The van der Waals surface area contributed by atoms with Gasteiger partial charge in [0.15, 0.2) is 0 Å². The summed E-state index contributed by atoms with van der Waals surface area (Å²) in [5, 5.41) is 1.13. The Kier molecular flexibility index (Phi) is 3.42. The fraction of sp³-hybridized carbons (Fsp3) is 0.208. The quantitative estimate of drug-likeness (QED) is 0.441. The predicted octanol–water partition coefficient (Wildman–Crippen LogP) is 5.29. The zero-order valence-electron chi connectivity index (χ0n) is 19.2. The number of allylic oxidation sites excluding steroid dienone is 2. The SMILES string of the molecule is [2H]C([2H])([2H])c1n(-c2ccccc2)cc(-n2c(C(C)=CC)cc3cccc(C)c32)[n+]1C. The molecule has 0 aliphatic carbocycles. The van der Waals surface area contributed by atoms with Gasteiger partial charge in [0, 0.05) is 16.4 Å². The third kappa shape index (κ3) is 2.71. The van der Waals surface area contributed by atoms with E-state index in [1.807, 2.05) is 50.5 Å². The number of rotatable bonds is 3. The minimum Gasteiger partial charge on any atom is -0.236 e. The van der Waals surface area contributed by atoms with Crippen molar-refractivity contribution in [2.75, 3.05) is 0 Å². The van der Waals surface area contributed by atoms with Crippen LogP contribution < -0.4 is 4.57 Å². The average molecular weight is 360 g/mol. The number of benzene rings is 2. The average Bonchev–Trinajstić information content (AvgIpc) is 3.26. The second-order valence-electron chi connectivity index (χ2n) is 6.92. The van der Waals surface area contributed by atoms with Crippen LogP contribution >= 0.6 is 0 Å². The number of fused-ring (bicyclic) bond motifs is 1. The molecular formula is C24H26N3+. The summed E-state index contributed by atoms with van der Waals surface area (Å²) in [5.74, 6) is 1.08. The lowest BCUT2D eigenvalue weighted by molar-refractivity contribution is -0.671. The highest BCUT2D eigenvalue weighted by atomic mass is 15.2. The molecular weight excluding hydrogens is 330 g/mol. The second kappa shape index (κ2) is 6.58. The maximum atomic E-state index is 8.19. The number of nitrogens with zero attached hydrogens (tertiary/aromatic N) is 3. The van der Waals surface area contributed by atoms with E-state index < -0.39 is 6.85 Å². The van der Waals surface area contributed by atoms with Crippen LogP contribution in [0.3, 0.4) is 0 Å². The third-order valence-electron chi connectivity index (χ3n) is 5.26. The van der Waals surface area contributed by atoms with E-state index in [-0.39, 0.29) is 5.82 Å². The number of aromatic nitrogens is 3.